The molecule has 0 fully saturated rings. The first-order valence-electron chi connectivity index (χ1n) is 5.98. The quantitative estimate of drug-likeness (QED) is 0.620. The Labute approximate surface area is 111 Å². The summed E-state index contributed by atoms with van der Waals surface area (Å²) >= 11 is 0. The minimum absolute atomic E-state index is 0.0953. The highest BCUT2D eigenvalue weighted by molar-refractivity contribution is 6.06. The van der Waals surface area contributed by atoms with Crippen LogP contribution in [0.2, 0.25) is 0 Å². The van der Waals surface area contributed by atoms with E-state index in [0.29, 0.717) is 11.1 Å². The number of carbonyl (C=O) groups excluding carboxylic acids is 1. The molecule has 0 spiro atoms. The first kappa shape index (κ1) is 12.8. The number of aryl methyl sites for hydroxylation is 1. The van der Waals surface area contributed by atoms with Gasteiger partial charge in [-0.2, -0.15) is 10.4 Å². The maximum absolute atomic E-state index is 11.9. The lowest BCUT2D eigenvalue weighted by molar-refractivity contribution is 0.104. The van der Waals surface area contributed by atoms with Crippen LogP contribution in [0, 0.1) is 11.3 Å². The van der Waals surface area contributed by atoms with Gasteiger partial charge in [-0.1, -0.05) is 18.2 Å². The molecule has 0 saturated carbocycles. The molecule has 94 valence electrons. The van der Waals surface area contributed by atoms with Crippen molar-refractivity contribution >= 4 is 11.9 Å². The third-order valence-electron chi connectivity index (χ3n) is 2.68. The van der Waals surface area contributed by atoms with Crippen molar-refractivity contribution in [2.45, 2.75) is 13.5 Å². The van der Waals surface area contributed by atoms with Crippen LogP contribution in [0.4, 0.5) is 0 Å². The zero-order chi connectivity index (χ0) is 13.7. The summed E-state index contributed by atoms with van der Waals surface area (Å²) in [6.45, 7) is 2.70. The molecule has 1 aromatic heterocycles. The highest BCUT2D eigenvalue weighted by Crippen LogP contribution is 2.08. The second kappa shape index (κ2) is 5.78. The third kappa shape index (κ3) is 3.17. The van der Waals surface area contributed by atoms with Crippen LogP contribution in [-0.4, -0.2) is 15.6 Å². The van der Waals surface area contributed by atoms with Crippen molar-refractivity contribution in [3.8, 4) is 6.07 Å². The second-order valence-electron chi connectivity index (χ2n) is 4.02. The molecule has 0 saturated heterocycles. The minimum atomic E-state index is -0.0953. The molecule has 0 atom stereocenters. The van der Waals surface area contributed by atoms with E-state index in [1.807, 2.05) is 13.0 Å². The van der Waals surface area contributed by atoms with Gasteiger partial charge in [-0.3, -0.25) is 9.48 Å². The summed E-state index contributed by atoms with van der Waals surface area (Å²) in [4.78, 5) is 11.9. The fraction of sp³-hybridized carbons (Fsp3) is 0.133. The number of carbonyl (C=O) groups is 1. The molecule has 0 N–H and O–H groups in total. The molecule has 0 aliphatic rings. The molecule has 4 nitrogen and oxygen atoms in total. The molecule has 0 radical (unpaired) electrons. The van der Waals surface area contributed by atoms with Crippen LogP contribution in [0.15, 0.2) is 42.7 Å². The topological polar surface area (TPSA) is 58.7 Å². The number of aromatic nitrogens is 2. The molecular weight excluding hydrogens is 238 g/mol. The van der Waals surface area contributed by atoms with E-state index in [2.05, 4.69) is 11.2 Å². The number of benzene rings is 1. The highest BCUT2D eigenvalue weighted by atomic mass is 16.1. The number of allylic oxidation sites excluding steroid dienone is 1. The summed E-state index contributed by atoms with van der Waals surface area (Å²) < 4.78 is 1.71. The van der Waals surface area contributed by atoms with Crippen LogP contribution >= 0.6 is 0 Å². The maximum atomic E-state index is 11.9. The van der Waals surface area contributed by atoms with E-state index in [1.165, 1.54) is 6.08 Å². The van der Waals surface area contributed by atoms with E-state index >= 15 is 0 Å². The Balaban J connectivity index is 2.13. The first-order chi connectivity index (χ1) is 9.22. The van der Waals surface area contributed by atoms with Gasteiger partial charge in [-0.15, -0.1) is 0 Å². The maximum Gasteiger partial charge on any atom is 0.189 e. The van der Waals surface area contributed by atoms with Gasteiger partial charge in [-0.05, 0) is 30.7 Å². The number of hydrogen-bond donors (Lipinski definition) is 0. The van der Waals surface area contributed by atoms with E-state index < -0.39 is 0 Å². The summed E-state index contributed by atoms with van der Waals surface area (Å²) in [7, 11) is 0. The largest absolute Gasteiger partial charge is 0.289 e. The summed E-state index contributed by atoms with van der Waals surface area (Å²) in [5.74, 6) is -0.0953. The number of rotatable bonds is 4. The number of nitrogens with zero attached hydrogens (tertiary/aromatic N) is 3. The lowest BCUT2D eigenvalue weighted by Gasteiger charge is -1.94. The lowest BCUT2D eigenvalue weighted by Crippen LogP contribution is -1.94. The summed E-state index contributed by atoms with van der Waals surface area (Å²) in [5, 5.41) is 12.9. The van der Waals surface area contributed by atoms with Crippen molar-refractivity contribution < 1.29 is 4.79 Å². The SMILES string of the molecule is CCn1cc(C(=O)C=Cc2cccc(C#N)c2)cn1. The molecule has 0 amide bonds. The van der Waals surface area contributed by atoms with Gasteiger partial charge in [0.05, 0.1) is 23.4 Å². The Kier molecular flexibility index (Phi) is 3.89. The molecule has 1 aromatic carbocycles. The van der Waals surface area contributed by atoms with E-state index in [0.717, 1.165) is 12.1 Å². The molecule has 0 aliphatic carbocycles. The van der Waals surface area contributed by atoms with Crippen LogP contribution in [-0.2, 0) is 6.54 Å². The summed E-state index contributed by atoms with van der Waals surface area (Å²) in [6.07, 6.45) is 6.47. The highest BCUT2D eigenvalue weighted by Gasteiger charge is 2.04. The number of hydrogen-bond acceptors (Lipinski definition) is 3. The molecule has 1 heterocycles. The van der Waals surface area contributed by atoms with Crippen LogP contribution in [0.3, 0.4) is 0 Å². The second-order valence-corrected chi connectivity index (χ2v) is 4.02. The van der Waals surface area contributed by atoms with E-state index in [4.69, 9.17) is 5.26 Å². The summed E-state index contributed by atoms with van der Waals surface area (Å²) in [6, 6.07) is 9.16. The van der Waals surface area contributed by atoms with Gasteiger partial charge in [0.1, 0.15) is 0 Å². The fourth-order valence-corrected chi connectivity index (χ4v) is 1.64. The fourth-order valence-electron chi connectivity index (χ4n) is 1.64. The Morgan fingerprint density at radius 2 is 2.37 bits per heavy atom. The molecule has 2 aromatic rings. The smallest absolute Gasteiger partial charge is 0.189 e. The van der Waals surface area contributed by atoms with Crippen LogP contribution in [0.25, 0.3) is 6.08 Å². The number of nitriles is 1. The van der Waals surface area contributed by atoms with E-state index in [-0.39, 0.29) is 5.78 Å². The van der Waals surface area contributed by atoms with Gasteiger partial charge >= 0.3 is 0 Å². The van der Waals surface area contributed by atoms with Gasteiger partial charge in [0, 0.05) is 12.7 Å². The van der Waals surface area contributed by atoms with Crippen molar-refractivity contribution in [3.05, 3.63) is 59.4 Å². The molecule has 2 rings (SSSR count). The van der Waals surface area contributed by atoms with Gasteiger partial charge in [0.25, 0.3) is 0 Å². The molecule has 0 bridgehead atoms. The first-order valence-corrected chi connectivity index (χ1v) is 5.98. The van der Waals surface area contributed by atoms with Crippen molar-refractivity contribution in [2.24, 2.45) is 0 Å². The van der Waals surface area contributed by atoms with Gasteiger partial charge < -0.3 is 0 Å². The normalized spacial score (nSPS) is 10.5. The van der Waals surface area contributed by atoms with Crippen molar-refractivity contribution in [3.63, 3.8) is 0 Å². The Morgan fingerprint density at radius 3 is 3.05 bits per heavy atom. The average molecular weight is 251 g/mol. The van der Waals surface area contributed by atoms with Crippen LogP contribution < -0.4 is 0 Å². The molecular formula is C15H13N3O. The number of ketones is 1. The van der Waals surface area contributed by atoms with Crippen LogP contribution in [0.5, 0.6) is 0 Å². The standard InChI is InChI=1S/C15H13N3O/c1-2-18-11-14(10-17-18)15(19)7-6-12-4-3-5-13(8-12)9-16/h3-8,10-11H,2H2,1H3. The monoisotopic (exact) mass is 251 g/mol. The Morgan fingerprint density at radius 1 is 1.53 bits per heavy atom. The van der Waals surface area contributed by atoms with Crippen molar-refractivity contribution in [1.82, 2.24) is 9.78 Å². The molecule has 4 heteroatoms. The third-order valence-corrected chi connectivity index (χ3v) is 2.68. The molecule has 0 unspecified atom stereocenters. The van der Waals surface area contributed by atoms with Gasteiger partial charge in [0.15, 0.2) is 5.78 Å². The zero-order valence-corrected chi connectivity index (χ0v) is 10.6. The van der Waals surface area contributed by atoms with Crippen LogP contribution in [0.1, 0.15) is 28.4 Å². The zero-order valence-electron chi connectivity index (χ0n) is 10.6. The van der Waals surface area contributed by atoms with Crippen molar-refractivity contribution in [2.75, 3.05) is 0 Å². The van der Waals surface area contributed by atoms with Gasteiger partial charge in [-0.25, -0.2) is 0 Å². The Bertz CT molecular complexity index is 662. The molecule has 0 aliphatic heterocycles. The average Bonchev–Trinajstić information content (AvgIpc) is 2.94. The lowest BCUT2D eigenvalue weighted by atomic mass is 10.1. The Hall–Kier alpha value is -2.67. The summed E-state index contributed by atoms with van der Waals surface area (Å²) in [5.41, 5.74) is 1.97. The van der Waals surface area contributed by atoms with E-state index in [9.17, 15) is 4.79 Å². The van der Waals surface area contributed by atoms with E-state index in [1.54, 1.807) is 41.4 Å². The van der Waals surface area contributed by atoms with Crippen molar-refractivity contribution in [1.29, 1.82) is 5.26 Å². The minimum Gasteiger partial charge on any atom is -0.289 e. The molecule has 19 heavy (non-hydrogen) atoms. The predicted molar refractivity (Wildman–Crippen MR) is 72.4 cm³/mol. The van der Waals surface area contributed by atoms with Gasteiger partial charge in [0.2, 0.25) is 0 Å². The predicted octanol–water partition coefficient (Wildman–Crippen LogP) is 2.67.